The molecule has 54 valence electrons. The molecular formula is C6H7CsN2O2. The fourth-order valence-corrected chi connectivity index (χ4v) is 0.809. The summed E-state index contributed by atoms with van der Waals surface area (Å²) in [6.45, 7) is 3.34. The van der Waals surface area contributed by atoms with Gasteiger partial charge in [0.25, 0.3) is 0 Å². The van der Waals surface area contributed by atoms with Crippen molar-refractivity contribution in [3.63, 3.8) is 0 Å². The first-order valence-corrected chi connectivity index (χ1v) is 2.86. The second-order valence-electron chi connectivity index (χ2n) is 2.08. The minimum Gasteiger partial charge on any atom is -0.543 e. The van der Waals surface area contributed by atoms with Crippen molar-refractivity contribution in [3.05, 3.63) is 17.2 Å². The van der Waals surface area contributed by atoms with Crippen LogP contribution in [0.5, 0.6) is 0 Å². The largest absolute Gasteiger partial charge is 1.00 e. The summed E-state index contributed by atoms with van der Waals surface area (Å²) in [5, 5.41) is 10.2. The Morgan fingerprint density at radius 3 is 2.27 bits per heavy atom. The average Bonchev–Trinajstić information content (AvgIpc) is 2.10. The van der Waals surface area contributed by atoms with Gasteiger partial charge >= 0.3 is 68.9 Å². The van der Waals surface area contributed by atoms with E-state index in [1.165, 1.54) is 0 Å². The van der Waals surface area contributed by atoms with E-state index in [1.807, 2.05) is 0 Å². The second kappa shape index (κ2) is 4.68. The van der Waals surface area contributed by atoms with Crippen LogP contribution in [0, 0.1) is 13.8 Å². The van der Waals surface area contributed by atoms with Gasteiger partial charge in [-0.25, -0.2) is 4.98 Å². The molecule has 0 aromatic carbocycles. The van der Waals surface area contributed by atoms with Crippen molar-refractivity contribution >= 4 is 5.97 Å². The number of H-pyrrole nitrogens is 1. The monoisotopic (exact) mass is 272 g/mol. The molecule has 1 N–H and O–H groups in total. The van der Waals surface area contributed by atoms with Crippen LogP contribution in [-0.2, 0) is 0 Å². The molecule has 0 aliphatic heterocycles. The Labute approximate surface area is 123 Å². The number of hydrogen-bond acceptors (Lipinski definition) is 3. The third kappa shape index (κ3) is 2.92. The zero-order valence-corrected chi connectivity index (χ0v) is 13.0. The number of aryl methyl sites for hydroxylation is 2. The van der Waals surface area contributed by atoms with Crippen LogP contribution in [0.1, 0.15) is 22.0 Å². The minimum absolute atomic E-state index is 0. The van der Waals surface area contributed by atoms with Crippen molar-refractivity contribution < 1.29 is 78.8 Å². The third-order valence-electron chi connectivity index (χ3n) is 1.20. The number of carbonyl (C=O) groups is 1. The van der Waals surface area contributed by atoms with Crippen LogP contribution in [0.3, 0.4) is 0 Å². The molecule has 0 bridgehead atoms. The normalized spacial score (nSPS) is 8.91. The van der Waals surface area contributed by atoms with E-state index in [0.717, 1.165) is 0 Å². The van der Waals surface area contributed by atoms with Crippen molar-refractivity contribution in [2.75, 3.05) is 0 Å². The van der Waals surface area contributed by atoms with Gasteiger partial charge in [-0.15, -0.1) is 0 Å². The Balaban J connectivity index is 0.000001000. The minimum atomic E-state index is -1.23. The predicted molar refractivity (Wildman–Crippen MR) is 32.4 cm³/mol. The summed E-state index contributed by atoms with van der Waals surface area (Å²) >= 11 is 0. The van der Waals surface area contributed by atoms with Gasteiger partial charge in [0.2, 0.25) is 0 Å². The van der Waals surface area contributed by atoms with E-state index in [1.54, 1.807) is 13.8 Å². The number of nitrogens with zero attached hydrogens (tertiary/aromatic N) is 1. The summed E-state index contributed by atoms with van der Waals surface area (Å²) in [4.78, 5) is 16.7. The average molecular weight is 272 g/mol. The number of carbonyl (C=O) groups excluding carboxylic acids is 1. The summed E-state index contributed by atoms with van der Waals surface area (Å²) in [6, 6.07) is 0. The summed E-state index contributed by atoms with van der Waals surface area (Å²) in [7, 11) is 0. The summed E-state index contributed by atoms with van der Waals surface area (Å²) in [6.07, 6.45) is 0. The van der Waals surface area contributed by atoms with E-state index in [0.29, 0.717) is 11.5 Å². The first kappa shape index (κ1) is 11.7. The molecule has 0 saturated heterocycles. The van der Waals surface area contributed by atoms with Gasteiger partial charge in [-0.3, -0.25) is 0 Å². The van der Waals surface area contributed by atoms with Crippen molar-refractivity contribution in [2.24, 2.45) is 0 Å². The first-order valence-electron chi connectivity index (χ1n) is 2.86. The van der Waals surface area contributed by atoms with Crippen molar-refractivity contribution in [1.82, 2.24) is 9.97 Å². The molecule has 0 amide bonds. The third-order valence-corrected chi connectivity index (χ3v) is 1.20. The van der Waals surface area contributed by atoms with Crippen LogP contribution in [-0.4, -0.2) is 15.9 Å². The molecule has 0 fully saturated rings. The number of carboxylic acids is 1. The molecule has 1 heterocycles. The number of aromatic carboxylic acids is 1. The molecule has 4 nitrogen and oxygen atoms in total. The number of nitrogens with one attached hydrogen (secondary N) is 1. The molecule has 0 radical (unpaired) electrons. The fourth-order valence-electron chi connectivity index (χ4n) is 0.809. The maximum Gasteiger partial charge on any atom is 1.00 e. The number of rotatable bonds is 1. The van der Waals surface area contributed by atoms with Gasteiger partial charge in [0, 0.05) is 5.69 Å². The van der Waals surface area contributed by atoms with Crippen molar-refractivity contribution in [1.29, 1.82) is 0 Å². The van der Waals surface area contributed by atoms with E-state index in [-0.39, 0.29) is 74.6 Å². The SMILES string of the molecule is Cc1nc(C(=O)[O-])c(C)[nH]1.[Cs+]. The number of aromatic amines is 1. The molecule has 0 aliphatic rings. The van der Waals surface area contributed by atoms with Gasteiger partial charge in [0.15, 0.2) is 0 Å². The van der Waals surface area contributed by atoms with Crippen LogP contribution in [0.25, 0.3) is 0 Å². The van der Waals surface area contributed by atoms with Crippen LogP contribution in [0.2, 0.25) is 0 Å². The molecule has 0 atom stereocenters. The van der Waals surface area contributed by atoms with Gasteiger partial charge in [0.05, 0.1) is 5.97 Å². The van der Waals surface area contributed by atoms with Crippen LogP contribution in [0.15, 0.2) is 0 Å². The van der Waals surface area contributed by atoms with E-state index in [2.05, 4.69) is 9.97 Å². The molecule has 0 saturated carbocycles. The summed E-state index contributed by atoms with van der Waals surface area (Å²) in [5.41, 5.74) is 0.537. The summed E-state index contributed by atoms with van der Waals surface area (Å²) < 4.78 is 0. The molecule has 0 spiro atoms. The fraction of sp³-hybridized carbons (Fsp3) is 0.333. The van der Waals surface area contributed by atoms with E-state index in [4.69, 9.17) is 0 Å². The molecule has 5 heteroatoms. The Morgan fingerprint density at radius 2 is 2.09 bits per heavy atom. The van der Waals surface area contributed by atoms with E-state index < -0.39 is 5.97 Å². The van der Waals surface area contributed by atoms with Crippen molar-refractivity contribution in [3.8, 4) is 0 Å². The molecular weight excluding hydrogens is 265 g/mol. The van der Waals surface area contributed by atoms with Crippen LogP contribution in [0.4, 0.5) is 0 Å². The number of aromatic nitrogens is 2. The van der Waals surface area contributed by atoms with Crippen molar-refractivity contribution in [2.45, 2.75) is 13.8 Å². The molecule has 11 heavy (non-hydrogen) atoms. The van der Waals surface area contributed by atoms with Gasteiger partial charge in [-0.05, 0) is 13.8 Å². The zero-order chi connectivity index (χ0) is 7.72. The van der Waals surface area contributed by atoms with E-state index in [9.17, 15) is 9.90 Å². The first-order chi connectivity index (χ1) is 4.61. The van der Waals surface area contributed by atoms with Gasteiger partial charge < -0.3 is 14.9 Å². The van der Waals surface area contributed by atoms with Crippen LogP contribution >= 0.6 is 0 Å². The molecule has 0 aliphatic carbocycles. The Hall–Kier alpha value is 0.732. The van der Waals surface area contributed by atoms with Gasteiger partial charge in [-0.1, -0.05) is 0 Å². The summed E-state index contributed by atoms with van der Waals surface area (Å²) in [5.74, 6) is -0.640. The number of imidazole rings is 1. The Morgan fingerprint density at radius 1 is 1.55 bits per heavy atom. The smallest absolute Gasteiger partial charge is 0.543 e. The Kier molecular flexibility index (Phi) is 4.99. The Bertz CT molecular complexity index is 270. The van der Waals surface area contributed by atoms with Gasteiger partial charge in [-0.2, -0.15) is 0 Å². The molecule has 1 aromatic rings. The molecule has 1 rings (SSSR count). The maximum absolute atomic E-state index is 10.2. The topological polar surface area (TPSA) is 68.8 Å². The standard InChI is InChI=1S/C6H8N2O2.Cs/c1-3-5(6(9)10)8-4(2)7-3;/h1-2H3,(H,7,8)(H,9,10);/q;+1/p-1. The van der Waals surface area contributed by atoms with Gasteiger partial charge in [0.1, 0.15) is 11.5 Å². The second-order valence-corrected chi connectivity index (χ2v) is 2.08. The number of carboxylic acid groups (broad SMARTS) is 1. The predicted octanol–water partition coefficient (Wildman–Crippen LogP) is -3.61. The quantitative estimate of drug-likeness (QED) is 0.574. The van der Waals surface area contributed by atoms with Crippen LogP contribution < -0.4 is 74.0 Å². The molecule has 0 unspecified atom stereocenters. The maximum atomic E-state index is 10.2. The molecule has 1 aromatic heterocycles. The zero-order valence-electron chi connectivity index (χ0n) is 6.76. The van der Waals surface area contributed by atoms with E-state index >= 15 is 0 Å². The number of hydrogen-bond donors (Lipinski definition) is 1.